The lowest BCUT2D eigenvalue weighted by atomic mass is 10.4. The minimum absolute atomic E-state index is 0.325. The normalized spacial score (nSPS) is 12.8. The van der Waals surface area contributed by atoms with Crippen LogP contribution in [0.5, 0.6) is 0 Å². The number of aldehydes is 1. The molecule has 0 aromatic carbocycles. The summed E-state index contributed by atoms with van der Waals surface area (Å²) < 4.78 is 0.876. The van der Waals surface area contributed by atoms with E-state index >= 15 is 0 Å². The van der Waals surface area contributed by atoms with E-state index in [1.165, 1.54) is 11.3 Å². The SMILES string of the molecule is CCC(C)Sc1nc(Cl)c(C=O)s1. The molecule has 2 nitrogen and oxygen atoms in total. The third-order valence-electron chi connectivity index (χ3n) is 1.57. The van der Waals surface area contributed by atoms with Crippen LogP contribution in [0, 0.1) is 0 Å². The molecule has 72 valence electrons. The third kappa shape index (κ3) is 2.97. The fourth-order valence-corrected chi connectivity index (χ4v) is 3.13. The predicted molar refractivity (Wildman–Crippen MR) is 58.1 cm³/mol. The lowest BCUT2D eigenvalue weighted by Crippen LogP contribution is -1.90. The number of thiazole rings is 1. The number of carbonyl (C=O) groups excluding carboxylic acids is 1. The van der Waals surface area contributed by atoms with Gasteiger partial charge in [0.25, 0.3) is 0 Å². The molecule has 0 spiro atoms. The van der Waals surface area contributed by atoms with Crippen molar-refractivity contribution in [1.82, 2.24) is 4.98 Å². The Morgan fingerprint density at radius 1 is 1.77 bits per heavy atom. The molecule has 1 heterocycles. The van der Waals surface area contributed by atoms with Crippen molar-refractivity contribution >= 4 is 41.0 Å². The molecule has 1 aromatic heterocycles. The highest BCUT2D eigenvalue weighted by molar-refractivity contribution is 8.01. The monoisotopic (exact) mass is 235 g/mol. The maximum atomic E-state index is 10.5. The van der Waals surface area contributed by atoms with E-state index in [4.69, 9.17) is 11.6 Å². The number of thioether (sulfide) groups is 1. The number of rotatable bonds is 4. The molecule has 0 bridgehead atoms. The quantitative estimate of drug-likeness (QED) is 0.591. The number of hydrogen-bond donors (Lipinski definition) is 0. The second-order valence-electron chi connectivity index (χ2n) is 2.59. The van der Waals surface area contributed by atoms with Gasteiger partial charge in [0.05, 0.1) is 0 Å². The zero-order valence-corrected chi connectivity index (χ0v) is 9.80. The van der Waals surface area contributed by atoms with Gasteiger partial charge in [-0.2, -0.15) is 0 Å². The summed E-state index contributed by atoms with van der Waals surface area (Å²) in [6.45, 7) is 4.24. The predicted octanol–water partition coefficient (Wildman–Crippen LogP) is 3.50. The van der Waals surface area contributed by atoms with Gasteiger partial charge in [-0.15, -0.1) is 11.3 Å². The van der Waals surface area contributed by atoms with Gasteiger partial charge in [0.15, 0.2) is 15.8 Å². The molecule has 0 aliphatic rings. The molecule has 0 aliphatic heterocycles. The van der Waals surface area contributed by atoms with Gasteiger partial charge >= 0.3 is 0 Å². The van der Waals surface area contributed by atoms with E-state index in [1.807, 2.05) is 0 Å². The van der Waals surface area contributed by atoms with Crippen LogP contribution in [0.2, 0.25) is 5.15 Å². The van der Waals surface area contributed by atoms with Gasteiger partial charge < -0.3 is 0 Å². The van der Waals surface area contributed by atoms with Gasteiger partial charge in [0.1, 0.15) is 4.88 Å². The molecule has 0 amide bonds. The summed E-state index contributed by atoms with van der Waals surface area (Å²) in [7, 11) is 0. The Bertz CT molecular complexity index is 300. The smallest absolute Gasteiger partial charge is 0.163 e. The highest BCUT2D eigenvalue weighted by atomic mass is 35.5. The fraction of sp³-hybridized carbons (Fsp3) is 0.500. The summed E-state index contributed by atoms with van der Waals surface area (Å²) in [5.41, 5.74) is 0. The van der Waals surface area contributed by atoms with Gasteiger partial charge in [-0.25, -0.2) is 4.98 Å². The molecule has 0 aliphatic carbocycles. The molecule has 0 N–H and O–H groups in total. The number of nitrogens with zero attached hydrogens (tertiary/aromatic N) is 1. The van der Waals surface area contributed by atoms with Crippen LogP contribution in [-0.2, 0) is 0 Å². The summed E-state index contributed by atoms with van der Waals surface area (Å²) in [6, 6.07) is 0. The molecule has 1 rings (SSSR count). The van der Waals surface area contributed by atoms with Crippen LogP contribution in [0.3, 0.4) is 0 Å². The molecule has 1 aromatic rings. The van der Waals surface area contributed by atoms with Crippen molar-refractivity contribution in [2.45, 2.75) is 29.9 Å². The Kier molecular flexibility index (Phi) is 4.22. The zero-order valence-electron chi connectivity index (χ0n) is 7.41. The van der Waals surface area contributed by atoms with Gasteiger partial charge in [-0.3, -0.25) is 4.79 Å². The summed E-state index contributed by atoms with van der Waals surface area (Å²) in [5, 5.41) is 0.840. The highest BCUT2D eigenvalue weighted by Gasteiger charge is 2.10. The summed E-state index contributed by atoms with van der Waals surface area (Å²) in [4.78, 5) is 15.1. The van der Waals surface area contributed by atoms with Crippen LogP contribution in [-0.4, -0.2) is 16.5 Å². The molecule has 0 fully saturated rings. The van der Waals surface area contributed by atoms with Gasteiger partial charge in [-0.05, 0) is 6.42 Å². The van der Waals surface area contributed by atoms with Crippen LogP contribution in [0.15, 0.2) is 4.34 Å². The fourth-order valence-electron chi connectivity index (χ4n) is 0.673. The van der Waals surface area contributed by atoms with Crippen molar-refractivity contribution in [1.29, 1.82) is 0 Å². The maximum Gasteiger partial charge on any atom is 0.163 e. The van der Waals surface area contributed by atoms with Gasteiger partial charge in [0, 0.05) is 5.25 Å². The standard InChI is InChI=1S/C8H10ClNOS2/c1-3-5(2)12-8-10-7(9)6(4-11)13-8/h4-5H,3H2,1-2H3. The molecule has 13 heavy (non-hydrogen) atoms. The Hall–Kier alpha value is -0.0600. The van der Waals surface area contributed by atoms with Crippen LogP contribution in [0.4, 0.5) is 0 Å². The zero-order chi connectivity index (χ0) is 9.84. The number of aromatic nitrogens is 1. The van der Waals surface area contributed by atoms with Crippen molar-refractivity contribution in [2.24, 2.45) is 0 Å². The molecule has 0 radical (unpaired) electrons. The van der Waals surface area contributed by atoms with E-state index < -0.39 is 0 Å². The largest absolute Gasteiger partial charge is 0.297 e. The molecule has 5 heteroatoms. The molecule has 1 atom stereocenters. The van der Waals surface area contributed by atoms with Crippen molar-refractivity contribution in [3.8, 4) is 0 Å². The number of halogens is 1. The first-order valence-electron chi connectivity index (χ1n) is 3.95. The number of carbonyl (C=O) groups is 1. The Morgan fingerprint density at radius 3 is 2.92 bits per heavy atom. The number of hydrogen-bond acceptors (Lipinski definition) is 4. The lowest BCUT2D eigenvalue weighted by molar-refractivity contribution is 0.112. The molecular weight excluding hydrogens is 226 g/mol. The topological polar surface area (TPSA) is 30.0 Å². The van der Waals surface area contributed by atoms with Crippen LogP contribution < -0.4 is 0 Å². The third-order valence-corrected chi connectivity index (χ3v) is 4.32. The Labute approximate surface area is 90.7 Å². The minimum atomic E-state index is 0.325. The second kappa shape index (κ2) is 4.98. The summed E-state index contributed by atoms with van der Waals surface area (Å²) in [5.74, 6) is 0. The molecule has 0 saturated carbocycles. The summed E-state index contributed by atoms with van der Waals surface area (Å²) >= 11 is 8.74. The highest BCUT2D eigenvalue weighted by Crippen LogP contribution is 2.32. The van der Waals surface area contributed by atoms with Crippen molar-refractivity contribution in [3.63, 3.8) is 0 Å². The first-order valence-corrected chi connectivity index (χ1v) is 6.03. The summed E-state index contributed by atoms with van der Waals surface area (Å²) in [6.07, 6.45) is 1.83. The lowest BCUT2D eigenvalue weighted by Gasteiger charge is -2.02. The van der Waals surface area contributed by atoms with Gasteiger partial charge in [0.2, 0.25) is 0 Å². The van der Waals surface area contributed by atoms with E-state index in [-0.39, 0.29) is 0 Å². The second-order valence-corrected chi connectivity index (χ2v) is 5.66. The molecule has 1 unspecified atom stereocenters. The van der Waals surface area contributed by atoms with Crippen LogP contribution in [0.1, 0.15) is 29.9 Å². The first-order chi connectivity index (χ1) is 6.17. The van der Waals surface area contributed by atoms with Crippen molar-refractivity contribution in [3.05, 3.63) is 10.0 Å². The average molecular weight is 236 g/mol. The van der Waals surface area contributed by atoms with E-state index in [0.29, 0.717) is 15.3 Å². The van der Waals surface area contributed by atoms with E-state index in [1.54, 1.807) is 11.8 Å². The first kappa shape index (κ1) is 11.0. The Balaban J connectivity index is 2.73. The van der Waals surface area contributed by atoms with Gasteiger partial charge in [-0.1, -0.05) is 37.2 Å². The Morgan fingerprint density at radius 2 is 2.46 bits per heavy atom. The van der Waals surface area contributed by atoms with Crippen molar-refractivity contribution < 1.29 is 4.79 Å². The van der Waals surface area contributed by atoms with Crippen LogP contribution >= 0.6 is 34.7 Å². The van der Waals surface area contributed by atoms with E-state index in [9.17, 15) is 4.79 Å². The van der Waals surface area contributed by atoms with E-state index in [2.05, 4.69) is 18.8 Å². The minimum Gasteiger partial charge on any atom is -0.297 e. The maximum absolute atomic E-state index is 10.5. The van der Waals surface area contributed by atoms with E-state index in [0.717, 1.165) is 17.0 Å². The molecular formula is C8H10ClNOS2. The van der Waals surface area contributed by atoms with Crippen LogP contribution in [0.25, 0.3) is 0 Å². The molecule has 0 saturated heterocycles. The van der Waals surface area contributed by atoms with Crippen molar-refractivity contribution in [2.75, 3.05) is 0 Å². The average Bonchev–Trinajstić information content (AvgIpc) is 2.46.